The number of morpholine rings is 1. The summed E-state index contributed by atoms with van der Waals surface area (Å²) >= 11 is 0. The summed E-state index contributed by atoms with van der Waals surface area (Å²) in [6, 6.07) is -0.149. The number of likely N-dealkylation sites (tertiary alicyclic amines) is 1. The molecule has 0 aliphatic carbocycles. The molecule has 2 saturated heterocycles. The van der Waals surface area contributed by atoms with Crippen LogP contribution in [0.25, 0.3) is 0 Å². The highest BCUT2D eigenvalue weighted by atomic mass is 16.5. The van der Waals surface area contributed by atoms with Gasteiger partial charge in [0.2, 0.25) is 5.91 Å². The highest BCUT2D eigenvalue weighted by Gasteiger charge is 2.34. The van der Waals surface area contributed by atoms with Gasteiger partial charge in [-0.15, -0.1) is 0 Å². The Hall–Kier alpha value is -0.650. The molecule has 1 N–H and O–H groups in total. The predicted octanol–water partition coefficient (Wildman–Crippen LogP) is -0.700. The number of aliphatic hydroxyl groups is 1. The topological polar surface area (TPSA) is 53.0 Å². The Kier molecular flexibility index (Phi) is 3.78. The van der Waals surface area contributed by atoms with Crippen LogP contribution in [0.3, 0.4) is 0 Å². The predicted molar refractivity (Wildman–Crippen MR) is 59.1 cm³/mol. The average Bonchev–Trinajstić information content (AvgIpc) is 2.75. The third kappa shape index (κ3) is 2.36. The molecule has 0 bridgehead atoms. The first-order valence-corrected chi connectivity index (χ1v) is 6.01. The highest BCUT2D eigenvalue weighted by molar-refractivity contribution is 5.82. The second kappa shape index (κ2) is 5.12. The van der Waals surface area contributed by atoms with E-state index in [0.29, 0.717) is 32.7 Å². The van der Waals surface area contributed by atoms with Crippen LogP contribution in [0.2, 0.25) is 0 Å². The molecule has 2 rings (SSSR count). The second-order valence-electron chi connectivity index (χ2n) is 4.45. The molecule has 0 aromatic carbocycles. The van der Waals surface area contributed by atoms with E-state index in [2.05, 4.69) is 11.8 Å². The summed E-state index contributed by atoms with van der Waals surface area (Å²) in [4.78, 5) is 16.1. The van der Waals surface area contributed by atoms with Gasteiger partial charge in [0.05, 0.1) is 19.3 Å². The number of carbonyl (C=O) groups excluding carboxylic acids is 1. The molecule has 2 atom stereocenters. The molecular weight excluding hydrogens is 208 g/mol. The third-order valence-electron chi connectivity index (χ3n) is 3.41. The molecule has 0 spiro atoms. The van der Waals surface area contributed by atoms with E-state index in [-0.39, 0.29) is 18.1 Å². The fourth-order valence-electron chi connectivity index (χ4n) is 2.40. The number of aliphatic hydroxyl groups excluding tert-OH is 1. The lowest BCUT2D eigenvalue weighted by Gasteiger charge is -2.35. The first kappa shape index (κ1) is 11.8. The number of hydrogen-bond acceptors (Lipinski definition) is 4. The Morgan fingerprint density at radius 2 is 2.31 bits per heavy atom. The van der Waals surface area contributed by atoms with E-state index >= 15 is 0 Å². The summed E-state index contributed by atoms with van der Waals surface area (Å²) in [6.07, 6.45) is 0.356. The van der Waals surface area contributed by atoms with Crippen molar-refractivity contribution in [1.82, 2.24) is 9.80 Å². The third-order valence-corrected chi connectivity index (χ3v) is 3.41. The summed E-state index contributed by atoms with van der Waals surface area (Å²) < 4.78 is 5.37. The van der Waals surface area contributed by atoms with Gasteiger partial charge in [-0.2, -0.15) is 0 Å². The molecule has 2 aliphatic heterocycles. The molecule has 1 unspecified atom stereocenters. The van der Waals surface area contributed by atoms with Gasteiger partial charge >= 0.3 is 0 Å². The van der Waals surface area contributed by atoms with Crippen LogP contribution in [-0.4, -0.2) is 72.4 Å². The van der Waals surface area contributed by atoms with Gasteiger partial charge in [-0.05, 0) is 13.0 Å². The number of rotatable bonds is 2. The summed E-state index contributed by atoms with van der Waals surface area (Å²) in [5, 5.41) is 9.43. The number of β-amino-alcohol motifs (C(OH)–C–C–N with tert-alkyl or cyclic N) is 1. The van der Waals surface area contributed by atoms with E-state index < -0.39 is 0 Å². The Morgan fingerprint density at radius 3 is 2.94 bits per heavy atom. The molecule has 2 aliphatic rings. The standard InChI is InChI=1S/C11H20N2O3/c1-2-12-5-6-16-8-10(12)11(15)13-4-3-9(14)7-13/h9-10,14H,2-8H2,1H3/t9-,10?/m0/s1. The van der Waals surface area contributed by atoms with E-state index in [1.165, 1.54) is 0 Å². The SMILES string of the molecule is CCN1CCOCC1C(=O)N1CC[C@H](O)C1. The molecule has 2 fully saturated rings. The van der Waals surface area contributed by atoms with Crippen LogP contribution in [-0.2, 0) is 9.53 Å². The van der Waals surface area contributed by atoms with E-state index in [1.54, 1.807) is 4.90 Å². The van der Waals surface area contributed by atoms with Gasteiger partial charge in [0.15, 0.2) is 0 Å². The number of carbonyl (C=O) groups is 1. The van der Waals surface area contributed by atoms with E-state index in [9.17, 15) is 9.90 Å². The maximum Gasteiger partial charge on any atom is 0.242 e. The lowest BCUT2D eigenvalue weighted by molar-refractivity contribution is -0.142. The van der Waals surface area contributed by atoms with Gasteiger partial charge in [0, 0.05) is 19.6 Å². The molecule has 5 nitrogen and oxygen atoms in total. The van der Waals surface area contributed by atoms with Crippen molar-refractivity contribution < 1.29 is 14.6 Å². The van der Waals surface area contributed by atoms with Gasteiger partial charge in [-0.3, -0.25) is 9.69 Å². The fraction of sp³-hybridized carbons (Fsp3) is 0.909. The molecule has 0 radical (unpaired) electrons. The molecule has 1 amide bonds. The van der Waals surface area contributed by atoms with Crippen LogP contribution >= 0.6 is 0 Å². The number of nitrogens with zero attached hydrogens (tertiary/aromatic N) is 2. The lowest BCUT2D eigenvalue weighted by Crippen LogP contribution is -2.54. The lowest BCUT2D eigenvalue weighted by atomic mass is 10.2. The Labute approximate surface area is 96.0 Å². The quantitative estimate of drug-likeness (QED) is 0.679. The van der Waals surface area contributed by atoms with Crippen molar-refractivity contribution in [3.63, 3.8) is 0 Å². The first-order valence-electron chi connectivity index (χ1n) is 6.01. The number of hydrogen-bond donors (Lipinski definition) is 1. The van der Waals surface area contributed by atoms with Crippen molar-refractivity contribution in [3.8, 4) is 0 Å². The maximum atomic E-state index is 12.2. The Bertz CT molecular complexity index is 260. The van der Waals surface area contributed by atoms with Crippen LogP contribution < -0.4 is 0 Å². The summed E-state index contributed by atoms with van der Waals surface area (Å²) in [6.45, 7) is 6.10. The van der Waals surface area contributed by atoms with Crippen molar-refractivity contribution in [2.45, 2.75) is 25.5 Å². The van der Waals surface area contributed by atoms with Gasteiger partial charge in [0.1, 0.15) is 6.04 Å². The minimum absolute atomic E-state index is 0.109. The first-order chi connectivity index (χ1) is 7.72. The molecule has 0 saturated carbocycles. The fourth-order valence-corrected chi connectivity index (χ4v) is 2.40. The molecule has 5 heteroatoms. The average molecular weight is 228 g/mol. The van der Waals surface area contributed by atoms with Crippen LogP contribution in [0, 0.1) is 0 Å². The van der Waals surface area contributed by atoms with Crippen molar-refractivity contribution >= 4 is 5.91 Å². The minimum Gasteiger partial charge on any atom is -0.391 e. The molecule has 92 valence electrons. The molecule has 0 aromatic heterocycles. The maximum absolute atomic E-state index is 12.2. The summed E-state index contributed by atoms with van der Waals surface area (Å²) in [5.41, 5.74) is 0. The number of amides is 1. The monoisotopic (exact) mass is 228 g/mol. The van der Waals surface area contributed by atoms with E-state index in [4.69, 9.17) is 4.74 Å². The zero-order chi connectivity index (χ0) is 11.5. The number of likely N-dealkylation sites (N-methyl/N-ethyl adjacent to an activating group) is 1. The van der Waals surface area contributed by atoms with Crippen molar-refractivity contribution in [2.24, 2.45) is 0 Å². The van der Waals surface area contributed by atoms with Gasteiger partial charge in [-0.1, -0.05) is 6.92 Å². The largest absolute Gasteiger partial charge is 0.391 e. The Morgan fingerprint density at radius 1 is 1.50 bits per heavy atom. The van der Waals surface area contributed by atoms with Crippen LogP contribution in [0.5, 0.6) is 0 Å². The smallest absolute Gasteiger partial charge is 0.242 e. The molecular formula is C11H20N2O3. The van der Waals surface area contributed by atoms with Crippen LogP contribution in [0.4, 0.5) is 0 Å². The van der Waals surface area contributed by atoms with Crippen LogP contribution in [0.15, 0.2) is 0 Å². The zero-order valence-electron chi connectivity index (χ0n) is 9.76. The van der Waals surface area contributed by atoms with Crippen molar-refractivity contribution in [2.75, 3.05) is 39.4 Å². The summed E-state index contributed by atoms with van der Waals surface area (Å²) in [5.74, 6) is 0.109. The second-order valence-corrected chi connectivity index (χ2v) is 4.45. The van der Waals surface area contributed by atoms with Crippen molar-refractivity contribution in [3.05, 3.63) is 0 Å². The highest BCUT2D eigenvalue weighted by Crippen LogP contribution is 2.15. The normalized spacial score (nSPS) is 32.0. The minimum atomic E-state index is -0.344. The summed E-state index contributed by atoms with van der Waals surface area (Å²) in [7, 11) is 0. The van der Waals surface area contributed by atoms with Crippen molar-refractivity contribution in [1.29, 1.82) is 0 Å². The van der Waals surface area contributed by atoms with E-state index in [1.807, 2.05) is 0 Å². The molecule has 16 heavy (non-hydrogen) atoms. The van der Waals surface area contributed by atoms with E-state index in [0.717, 1.165) is 13.1 Å². The van der Waals surface area contributed by atoms with Gasteiger partial charge < -0.3 is 14.7 Å². The zero-order valence-corrected chi connectivity index (χ0v) is 9.76. The molecule has 0 aromatic rings. The van der Waals surface area contributed by atoms with Gasteiger partial charge in [-0.25, -0.2) is 0 Å². The molecule has 2 heterocycles. The number of ether oxygens (including phenoxy) is 1. The Balaban J connectivity index is 1.96. The van der Waals surface area contributed by atoms with Crippen LogP contribution in [0.1, 0.15) is 13.3 Å². The van der Waals surface area contributed by atoms with Gasteiger partial charge in [0.25, 0.3) is 0 Å².